The van der Waals surface area contributed by atoms with E-state index < -0.39 is 0 Å². The first-order chi connectivity index (χ1) is 8.56. The number of rotatable bonds is 3. The van der Waals surface area contributed by atoms with Crippen molar-refractivity contribution in [2.45, 2.75) is 13.5 Å². The van der Waals surface area contributed by atoms with Crippen molar-refractivity contribution in [3.8, 4) is 0 Å². The molecule has 0 unspecified atom stereocenters. The van der Waals surface area contributed by atoms with Crippen molar-refractivity contribution in [2.24, 2.45) is 0 Å². The molecule has 94 valence electrons. The van der Waals surface area contributed by atoms with Crippen LogP contribution in [0.3, 0.4) is 0 Å². The molecule has 1 N–H and O–H groups in total. The molecular formula is C14H12BrCl2N. The summed E-state index contributed by atoms with van der Waals surface area (Å²) >= 11 is 15.5. The average molecular weight is 345 g/mol. The van der Waals surface area contributed by atoms with Gasteiger partial charge in [-0.15, -0.1) is 0 Å². The molecule has 0 aromatic heterocycles. The first-order valence-electron chi connectivity index (χ1n) is 5.50. The van der Waals surface area contributed by atoms with Crippen LogP contribution in [-0.2, 0) is 6.54 Å². The minimum Gasteiger partial charge on any atom is -0.381 e. The Morgan fingerprint density at radius 3 is 2.56 bits per heavy atom. The standard InChI is InChI=1S/C14H12BrCl2N/c1-9-6-12(16)4-5-14(9)18-8-10-2-3-11(15)7-13(10)17/h2-7,18H,8H2,1H3. The van der Waals surface area contributed by atoms with E-state index in [0.29, 0.717) is 6.54 Å². The zero-order valence-electron chi connectivity index (χ0n) is 9.81. The largest absolute Gasteiger partial charge is 0.381 e. The first kappa shape index (κ1) is 13.7. The molecule has 0 radical (unpaired) electrons. The summed E-state index contributed by atoms with van der Waals surface area (Å²) in [6.07, 6.45) is 0. The van der Waals surface area contributed by atoms with Crippen molar-refractivity contribution in [3.05, 3.63) is 62.0 Å². The summed E-state index contributed by atoms with van der Waals surface area (Å²) in [5, 5.41) is 4.86. The number of benzene rings is 2. The minimum atomic E-state index is 0.689. The lowest BCUT2D eigenvalue weighted by Gasteiger charge is -2.11. The van der Waals surface area contributed by atoms with E-state index in [1.54, 1.807) is 0 Å². The van der Waals surface area contributed by atoms with Crippen molar-refractivity contribution >= 4 is 44.8 Å². The Morgan fingerprint density at radius 1 is 1.11 bits per heavy atom. The summed E-state index contributed by atoms with van der Waals surface area (Å²) in [7, 11) is 0. The van der Waals surface area contributed by atoms with Crippen LogP contribution in [-0.4, -0.2) is 0 Å². The fraction of sp³-hybridized carbons (Fsp3) is 0.143. The van der Waals surface area contributed by atoms with Gasteiger partial charge in [0.15, 0.2) is 0 Å². The Hall–Kier alpha value is -0.700. The zero-order valence-corrected chi connectivity index (χ0v) is 12.9. The third-order valence-corrected chi connectivity index (χ3v) is 3.75. The Morgan fingerprint density at radius 2 is 1.89 bits per heavy atom. The summed E-state index contributed by atoms with van der Waals surface area (Å²) in [5.41, 5.74) is 3.25. The highest BCUT2D eigenvalue weighted by molar-refractivity contribution is 9.10. The van der Waals surface area contributed by atoms with Crippen LogP contribution in [0.25, 0.3) is 0 Å². The highest BCUT2D eigenvalue weighted by Crippen LogP contribution is 2.24. The van der Waals surface area contributed by atoms with Crippen LogP contribution in [0.4, 0.5) is 5.69 Å². The molecule has 0 saturated carbocycles. The average Bonchev–Trinajstić information content (AvgIpc) is 2.30. The molecule has 0 bridgehead atoms. The van der Waals surface area contributed by atoms with Crippen molar-refractivity contribution in [1.29, 1.82) is 0 Å². The SMILES string of the molecule is Cc1cc(Cl)ccc1NCc1ccc(Br)cc1Cl. The Balaban J connectivity index is 2.11. The number of hydrogen-bond acceptors (Lipinski definition) is 1. The lowest BCUT2D eigenvalue weighted by atomic mass is 10.2. The van der Waals surface area contributed by atoms with E-state index in [9.17, 15) is 0 Å². The van der Waals surface area contributed by atoms with Crippen LogP contribution in [0.15, 0.2) is 40.9 Å². The molecular weight excluding hydrogens is 333 g/mol. The van der Waals surface area contributed by atoms with Crippen molar-refractivity contribution in [1.82, 2.24) is 0 Å². The molecule has 0 atom stereocenters. The van der Waals surface area contributed by atoms with Gasteiger partial charge in [-0.05, 0) is 48.4 Å². The maximum absolute atomic E-state index is 6.17. The normalized spacial score (nSPS) is 10.4. The number of halogens is 3. The Labute approximate surface area is 125 Å². The second-order valence-electron chi connectivity index (χ2n) is 4.05. The molecule has 0 aliphatic rings. The summed E-state index contributed by atoms with van der Waals surface area (Å²) in [5.74, 6) is 0. The van der Waals surface area contributed by atoms with Gasteiger partial charge in [-0.25, -0.2) is 0 Å². The predicted molar refractivity (Wildman–Crippen MR) is 82.7 cm³/mol. The van der Waals surface area contributed by atoms with E-state index in [4.69, 9.17) is 23.2 Å². The van der Waals surface area contributed by atoms with Gasteiger partial charge in [0.05, 0.1) is 0 Å². The molecule has 4 heteroatoms. The summed E-state index contributed by atoms with van der Waals surface area (Å²) < 4.78 is 0.985. The third-order valence-electron chi connectivity index (χ3n) is 2.67. The van der Waals surface area contributed by atoms with Gasteiger partial charge in [0.1, 0.15) is 0 Å². The Bertz CT molecular complexity index is 518. The fourth-order valence-electron chi connectivity index (χ4n) is 1.68. The van der Waals surface area contributed by atoms with E-state index in [1.165, 1.54) is 0 Å². The lowest BCUT2D eigenvalue weighted by Crippen LogP contribution is -2.01. The second-order valence-corrected chi connectivity index (χ2v) is 5.81. The van der Waals surface area contributed by atoms with Crippen LogP contribution in [0.5, 0.6) is 0 Å². The quantitative estimate of drug-likeness (QED) is 0.755. The van der Waals surface area contributed by atoms with Crippen LogP contribution < -0.4 is 5.32 Å². The maximum atomic E-state index is 6.17. The minimum absolute atomic E-state index is 0.689. The molecule has 0 saturated heterocycles. The molecule has 0 fully saturated rings. The van der Waals surface area contributed by atoms with Crippen LogP contribution in [0.1, 0.15) is 11.1 Å². The van der Waals surface area contributed by atoms with Crippen molar-refractivity contribution in [3.63, 3.8) is 0 Å². The van der Waals surface area contributed by atoms with Gasteiger partial charge >= 0.3 is 0 Å². The topological polar surface area (TPSA) is 12.0 Å². The summed E-state index contributed by atoms with van der Waals surface area (Å²) in [4.78, 5) is 0. The van der Waals surface area contributed by atoms with E-state index in [2.05, 4.69) is 21.2 Å². The third kappa shape index (κ3) is 3.41. The lowest BCUT2D eigenvalue weighted by molar-refractivity contribution is 1.14. The number of hydrogen-bond donors (Lipinski definition) is 1. The molecule has 0 aliphatic carbocycles. The summed E-state index contributed by atoms with van der Waals surface area (Å²) in [6.45, 7) is 2.71. The predicted octanol–water partition coefficient (Wildman–Crippen LogP) is 5.68. The monoisotopic (exact) mass is 343 g/mol. The molecule has 0 aliphatic heterocycles. The van der Waals surface area contributed by atoms with Crippen molar-refractivity contribution < 1.29 is 0 Å². The zero-order chi connectivity index (χ0) is 13.1. The van der Waals surface area contributed by atoms with Crippen molar-refractivity contribution in [2.75, 3.05) is 5.32 Å². The molecule has 0 amide bonds. The second kappa shape index (κ2) is 5.96. The van der Waals surface area contributed by atoms with Crippen LogP contribution in [0, 0.1) is 6.92 Å². The maximum Gasteiger partial charge on any atom is 0.0467 e. The number of aryl methyl sites for hydroxylation is 1. The number of anilines is 1. The highest BCUT2D eigenvalue weighted by atomic mass is 79.9. The molecule has 1 nitrogen and oxygen atoms in total. The first-order valence-corrected chi connectivity index (χ1v) is 7.05. The molecule has 0 heterocycles. The smallest absolute Gasteiger partial charge is 0.0467 e. The highest BCUT2D eigenvalue weighted by Gasteiger charge is 2.03. The molecule has 2 rings (SSSR count). The van der Waals surface area contributed by atoms with E-state index in [0.717, 1.165) is 31.3 Å². The van der Waals surface area contributed by atoms with Gasteiger partial charge in [0.25, 0.3) is 0 Å². The van der Waals surface area contributed by atoms with E-state index in [-0.39, 0.29) is 0 Å². The molecule has 0 spiro atoms. The molecule has 2 aromatic carbocycles. The van der Waals surface area contributed by atoms with Gasteiger partial charge in [-0.2, -0.15) is 0 Å². The van der Waals surface area contributed by atoms with Crippen LogP contribution >= 0.6 is 39.1 Å². The van der Waals surface area contributed by atoms with E-state index in [1.807, 2.05) is 43.3 Å². The van der Waals surface area contributed by atoms with Gasteiger partial charge < -0.3 is 5.32 Å². The molecule has 18 heavy (non-hydrogen) atoms. The van der Waals surface area contributed by atoms with Gasteiger partial charge in [0.2, 0.25) is 0 Å². The number of nitrogens with one attached hydrogen (secondary N) is 1. The van der Waals surface area contributed by atoms with E-state index >= 15 is 0 Å². The van der Waals surface area contributed by atoms with Gasteiger partial charge in [0, 0.05) is 26.8 Å². The Kier molecular flexibility index (Phi) is 4.55. The van der Waals surface area contributed by atoms with Crippen LogP contribution in [0.2, 0.25) is 10.0 Å². The molecule has 2 aromatic rings. The summed E-state index contributed by atoms with van der Waals surface area (Å²) in [6, 6.07) is 11.7. The van der Waals surface area contributed by atoms with Gasteiger partial charge in [-0.3, -0.25) is 0 Å². The fourth-order valence-corrected chi connectivity index (χ4v) is 2.65. The van der Waals surface area contributed by atoms with Gasteiger partial charge in [-0.1, -0.05) is 45.2 Å².